The summed E-state index contributed by atoms with van der Waals surface area (Å²) >= 11 is 1.84. The van der Waals surface area contributed by atoms with Crippen LogP contribution in [0.4, 0.5) is 0 Å². The van der Waals surface area contributed by atoms with Gasteiger partial charge in [-0.15, -0.1) is 35.3 Å². The van der Waals surface area contributed by atoms with Crippen molar-refractivity contribution >= 4 is 41.3 Å². The van der Waals surface area contributed by atoms with Crippen LogP contribution in [0, 0.1) is 5.92 Å². The van der Waals surface area contributed by atoms with Crippen LogP contribution in [0.2, 0.25) is 0 Å². The van der Waals surface area contributed by atoms with Gasteiger partial charge in [-0.1, -0.05) is 13.0 Å². The van der Waals surface area contributed by atoms with Crippen molar-refractivity contribution in [2.24, 2.45) is 10.9 Å². The Labute approximate surface area is 166 Å². The van der Waals surface area contributed by atoms with E-state index in [-0.39, 0.29) is 24.0 Å². The second-order valence-corrected chi connectivity index (χ2v) is 7.75. The molecule has 4 rings (SSSR count). The number of halogens is 1. The van der Waals surface area contributed by atoms with Gasteiger partial charge in [0.2, 0.25) is 0 Å². The van der Waals surface area contributed by atoms with Crippen molar-refractivity contribution in [1.82, 2.24) is 20.4 Å². The molecule has 2 atom stereocenters. The van der Waals surface area contributed by atoms with E-state index < -0.39 is 0 Å². The second-order valence-electron chi connectivity index (χ2n) is 6.71. The van der Waals surface area contributed by atoms with Crippen molar-refractivity contribution in [3.63, 3.8) is 0 Å². The minimum absolute atomic E-state index is 0. The summed E-state index contributed by atoms with van der Waals surface area (Å²) in [4.78, 5) is 11.0. The van der Waals surface area contributed by atoms with Crippen molar-refractivity contribution in [1.29, 1.82) is 0 Å². The van der Waals surface area contributed by atoms with Gasteiger partial charge in [-0.25, -0.2) is 0 Å². The average molecular weight is 463 g/mol. The Morgan fingerprint density at radius 3 is 2.71 bits per heavy atom. The molecule has 4 heterocycles. The molecule has 0 amide bonds. The molecule has 1 aromatic rings. The van der Waals surface area contributed by atoms with E-state index in [1.54, 1.807) is 0 Å². The van der Waals surface area contributed by atoms with Crippen LogP contribution in [0.15, 0.2) is 22.5 Å². The third kappa shape index (κ3) is 5.57. The summed E-state index contributed by atoms with van der Waals surface area (Å²) in [6, 6.07) is 4.97. The highest BCUT2D eigenvalue weighted by Gasteiger charge is 2.31. The largest absolute Gasteiger partial charge is 0.356 e. The topological polar surface area (TPSA) is 42.9 Å². The molecule has 2 unspecified atom stereocenters. The zero-order chi connectivity index (χ0) is 16.1. The van der Waals surface area contributed by atoms with Crippen LogP contribution in [0.25, 0.3) is 0 Å². The number of hydrogen-bond acceptors (Lipinski definition) is 4. The number of fused-ring (bicyclic) bond motifs is 3. The zero-order valence-electron chi connectivity index (χ0n) is 14.7. The van der Waals surface area contributed by atoms with E-state index in [0.717, 1.165) is 25.5 Å². The van der Waals surface area contributed by atoms with Crippen molar-refractivity contribution in [3.05, 3.63) is 22.4 Å². The third-order valence-electron chi connectivity index (χ3n) is 4.87. The molecular formula is C17H30IN5S. The second kappa shape index (κ2) is 9.94. The number of guanidine groups is 1. The number of hydrogen-bond donors (Lipinski definition) is 2. The number of nitrogens with one attached hydrogen (secondary N) is 2. The van der Waals surface area contributed by atoms with E-state index in [1.165, 1.54) is 37.6 Å². The lowest BCUT2D eigenvalue weighted by atomic mass is 10.1. The lowest BCUT2D eigenvalue weighted by molar-refractivity contribution is 0.0154. The summed E-state index contributed by atoms with van der Waals surface area (Å²) in [5.74, 6) is 1.54. The summed E-state index contributed by atoms with van der Waals surface area (Å²) in [7, 11) is 1.86. The first-order valence-corrected chi connectivity index (χ1v) is 9.56. The quantitative estimate of drug-likeness (QED) is 0.383. The molecule has 5 nitrogen and oxygen atoms in total. The minimum Gasteiger partial charge on any atom is -0.356 e. The van der Waals surface area contributed by atoms with Crippen molar-refractivity contribution in [3.8, 4) is 0 Å². The molecule has 0 saturated carbocycles. The summed E-state index contributed by atoms with van der Waals surface area (Å²) in [5, 5.41) is 9.14. The van der Waals surface area contributed by atoms with Crippen LogP contribution in [0.5, 0.6) is 0 Å². The van der Waals surface area contributed by atoms with Crippen LogP contribution < -0.4 is 10.6 Å². The highest BCUT2D eigenvalue weighted by molar-refractivity contribution is 14.0. The molecule has 1 aromatic heterocycles. The molecule has 24 heavy (non-hydrogen) atoms. The summed E-state index contributed by atoms with van der Waals surface area (Å²) < 4.78 is 0. The molecule has 0 aliphatic carbocycles. The van der Waals surface area contributed by atoms with Crippen LogP contribution in [-0.4, -0.2) is 74.7 Å². The summed E-state index contributed by atoms with van der Waals surface area (Å²) in [6.07, 6.45) is 1.13. The van der Waals surface area contributed by atoms with Crippen LogP contribution >= 0.6 is 35.3 Å². The molecule has 3 aliphatic rings. The Kier molecular flexibility index (Phi) is 8.25. The van der Waals surface area contributed by atoms with Crippen molar-refractivity contribution < 1.29 is 0 Å². The van der Waals surface area contributed by atoms with Crippen LogP contribution in [0.1, 0.15) is 11.8 Å². The van der Waals surface area contributed by atoms with E-state index in [9.17, 15) is 0 Å². The van der Waals surface area contributed by atoms with Gasteiger partial charge in [-0.05, 0) is 23.8 Å². The maximum absolute atomic E-state index is 4.37. The maximum atomic E-state index is 4.37. The molecule has 7 heteroatoms. The lowest BCUT2D eigenvalue weighted by Crippen LogP contribution is -2.63. The summed E-state index contributed by atoms with van der Waals surface area (Å²) in [6.45, 7) is 10.3. The number of thiophene rings is 1. The van der Waals surface area contributed by atoms with Gasteiger partial charge >= 0.3 is 0 Å². The van der Waals surface area contributed by atoms with E-state index in [2.05, 4.69) is 49.9 Å². The molecule has 3 fully saturated rings. The lowest BCUT2D eigenvalue weighted by Gasteiger charge is -2.47. The standard InChI is InChI=1S/C17H29N5S.HI/c1-14(10-16-4-3-9-23-16)11-19-17(18-2)20-12-15-13-21-5-7-22(15)8-6-21;/h3-4,9,14-15H,5-8,10-13H2,1-2H3,(H2,18,19,20);1H. The van der Waals surface area contributed by atoms with Crippen molar-refractivity contribution in [2.45, 2.75) is 19.4 Å². The van der Waals surface area contributed by atoms with Gasteiger partial charge in [0.25, 0.3) is 0 Å². The first-order valence-electron chi connectivity index (χ1n) is 8.68. The van der Waals surface area contributed by atoms with Gasteiger partial charge in [0.15, 0.2) is 5.96 Å². The van der Waals surface area contributed by atoms with Crippen molar-refractivity contribution in [2.75, 3.05) is 52.9 Å². The predicted octanol–water partition coefficient (Wildman–Crippen LogP) is 1.71. The van der Waals surface area contributed by atoms with Crippen LogP contribution in [0.3, 0.4) is 0 Å². The molecule has 3 saturated heterocycles. The average Bonchev–Trinajstić information content (AvgIpc) is 3.09. The fourth-order valence-electron chi connectivity index (χ4n) is 3.47. The molecular weight excluding hydrogens is 433 g/mol. The monoisotopic (exact) mass is 463 g/mol. The number of rotatable bonds is 6. The molecule has 136 valence electrons. The Hall–Kier alpha value is -0.380. The SMILES string of the molecule is CN=C(NCC(C)Cc1cccs1)NCC1CN2CCN1CC2.I. The summed E-state index contributed by atoms with van der Waals surface area (Å²) in [5.41, 5.74) is 0. The Balaban J connectivity index is 0.00000208. The maximum Gasteiger partial charge on any atom is 0.191 e. The number of aliphatic imine (C=N–C) groups is 1. The van der Waals surface area contributed by atoms with Gasteiger partial charge in [0.05, 0.1) is 0 Å². The fourth-order valence-corrected chi connectivity index (χ4v) is 4.34. The van der Waals surface area contributed by atoms with Gasteiger partial charge in [0.1, 0.15) is 0 Å². The Bertz CT molecular complexity index is 499. The number of piperazine rings is 3. The molecule has 3 aliphatic heterocycles. The molecule has 2 bridgehead atoms. The van der Waals surface area contributed by atoms with E-state index in [0.29, 0.717) is 12.0 Å². The van der Waals surface area contributed by atoms with Crippen LogP contribution in [-0.2, 0) is 6.42 Å². The first kappa shape index (κ1) is 19.9. The van der Waals surface area contributed by atoms with Gasteiger partial charge < -0.3 is 10.6 Å². The highest BCUT2D eigenvalue weighted by atomic mass is 127. The fraction of sp³-hybridized carbons (Fsp3) is 0.706. The van der Waals surface area contributed by atoms with Gasteiger partial charge in [-0.3, -0.25) is 14.8 Å². The zero-order valence-corrected chi connectivity index (χ0v) is 17.8. The molecule has 0 aromatic carbocycles. The first-order chi connectivity index (χ1) is 11.2. The smallest absolute Gasteiger partial charge is 0.191 e. The highest BCUT2D eigenvalue weighted by Crippen LogP contribution is 2.15. The van der Waals surface area contributed by atoms with E-state index >= 15 is 0 Å². The van der Waals surface area contributed by atoms with E-state index in [1.807, 2.05) is 18.4 Å². The Morgan fingerprint density at radius 1 is 1.33 bits per heavy atom. The third-order valence-corrected chi connectivity index (χ3v) is 5.77. The van der Waals surface area contributed by atoms with Gasteiger partial charge in [-0.2, -0.15) is 0 Å². The molecule has 2 N–H and O–H groups in total. The van der Waals surface area contributed by atoms with Gasteiger partial charge in [0, 0.05) is 63.8 Å². The normalized spacial score (nSPS) is 27.4. The minimum atomic E-state index is 0. The number of nitrogens with zero attached hydrogens (tertiary/aromatic N) is 3. The molecule has 0 radical (unpaired) electrons. The predicted molar refractivity (Wildman–Crippen MR) is 114 cm³/mol. The Morgan fingerprint density at radius 2 is 2.12 bits per heavy atom. The van der Waals surface area contributed by atoms with E-state index in [4.69, 9.17) is 0 Å². The molecule has 0 spiro atoms.